The zero-order valence-corrected chi connectivity index (χ0v) is 27.5. The average molecular weight is 637 g/mol. The number of aromatic nitrogens is 2. The Labute approximate surface area is 291 Å². The Morgan fingerprint density at radius 1 is 0.460 bits per heavy atom. The third kappa shape index (κ3) is 3.60. The van der Waals surface area contributed by atoms with E-state index in [0.29, 0.717) is 0 Å². The first kappa shape index (κ1) is 28.5. The number of hydrogen-bond acceptors (Lipinski definition) is 1. The van der Waals surface area contributed by atoms with Crippen LogP contribution in [0.3, 0.4) is 0 Å². The Hall–Kier alpha value is -6.51. The molecule has 0 saturated carbocycles. The minimum Gasteiger partial charge on any atom is -0.293 e. The van der Waals surface area contributed by atoms with E-state index in [1.54, 1.807) is 0 Å². The highest BCUT2D eigenvalue weighted by Gasteiger charge is 2.52. The first-order chi connectivity index (χ1) is 24.8. The summed E-state index contributed by atoms with van der Waals surface area (Å²) in [5, 5.41) is 5.72. The maximum absolute atomic E-state index is 5.33. The molecule has 2 aliphatic rings. The highest BCUT2D eigenvalue weighted by atomic mass is 15.1. The van der Waals surface area contributed by atoms with Crippen molar-refractivity contribution in [3.63, 3.8) is 0 Å². The van der Waals surface area contributed by atoms with E-state index in [4.69, 9.17) is 4.98 Å². The molecule has 234 valence electrons. The van der Waals surface area contributed by atoms with E-state index in [-0.39, 0.29) is 0 Å². The summed E-state index contributed by atoms with van der Waals surface area (Å²) in [5.41, 5.74) is 12.5. The molecule has 0 saturated heterocycles. The maximum Gasteiger partial charge on any atom is 0.145 e. The fourth-order valence-electron chi connectivity index (χ4n) is 9.02. The zero-order valence-electron chi connectivity index (χ0n) is 27.5. The van der Waals surface area contributed by atoms with Crippen LogP contribution in [0.2, 0.25) is 0 Å². The summed E-state index contributed by atoms with van der Waals surface area (Å²) in [6, 6.07) is 55.0. The Morgan fingerprint density at radius 2 is 0.940 bits per heavy atom. The van der Waals surface area contributed by atoms with Crippen LogP contribution in [0.5, 0.6) is 0 Å². The van der Waals surface area contributed by atoms with Crippen LogP contribution in [0.1, 0.15) is 33.5 Å². The minimum absolute atomic E-state index is 0.478. The lowest BCUT2D eigenvalue weighted by atomic mass is 9.71. The molecule has 10 rings (SSSR count). The Balaban J connectivity index is 1.46. The van der Waals surface area contributed by atoms with Crippen LogP contribution >= 0.6 is 0 Å². The van der Waals surface area contributed by atoms with Gasteiger partial charge in [-0.25, -0.2) is 4.98 Å². The summed E-state index contributed by atoms with van der Waals surface area (Å²) in [4.78, 5) is 5.33. The normalized spacial score (nSPS) is 13.1. The number of para-hydroxylation sites is 1. The van der Waals surface area contributed by atoms with Crippen molar-refractivity contribution >= 4 is 44.6 Å². The molecule has 8 aromatic rings. The maximum atomic E-state index is 5.33. The number of hydrogen-bond donors (Lipinski definition) is 0. The van der Waals surface area contributed by atoms with Gasteiger partial charge in [0.2, 0.25) is 0 Å². The third-order valence-corrected chi connectivity index (χ3v) is 10.9. The summed E-state index contributed by atoms with van der Waals surface area (Å²) in [6.45, 7) is 8.84. The molecule has 0 aliphatic heterocycles. The van der Waals surface area contributed by atoms with Crippen molar-refractivity contribution in [2.24, 2.45) is 0 Å². The molecule has 50 heavy (non-hydrogen) atoms. The van der Waals surface area contributed by atoms with E-state index in [2.05, 4.69) is 169 Å². The first-order valence-corrected chi connectivity index (χ1v) is 17.1. The minimum atomic E-state index is -0.478. The molecule has 2 aliphatic carbocycles. The molecule has 2 heteroatoms. The van der Waals surface area contributed by atoms with Crippen molar-refractivity contribution in [1.82, 2.24) is 9.55 Å². The molecular formula is C48H32N2. The highest BCUT2D eigenvalue weighted by molar-refractivity contribution is 6.16. The predicted molar refractivity (Wildman–Crippen MR) is 210 cm³/mol. The lowest BCUT2D eigenvalue weighted by molar-refractivity contribution is 0.791. The zero-order chi connectivity index (χ0) is 33.4. The van der Waals surface area contributed by atoms with Crippen LogP contribution in [-0.4, -0.2) is 9.55 Å². The highest BCUT2D eigenvalue weighted by Crippen LogP contribution is 2.63. The monoisotopic (exact) mass is 636 g/mol. The van der Waals surface area contributed by atoms with Crippen molar-refractivity contribution in [3.05, 3.63) is 205 Å². The molecule has 0 unspecified atom stereocenters. The molecule has 0 fully saturated rings. The van der Waals surface area contributed by atoms with Crippen molar-refractivity contribution < 1.29 is 0 Å². The lowest BCUT2D eigenvalue weighted by Gasteiger charge is -2.30. The van der Waals surface area contributed by atoms with Crippen LogP contribution in [-0.2, 0) is 5.41 Å². The second-order valence-electron chi connectivity index (χ2n) is 13.1. The van der Waals surface area contributed by atoms with Gasteiger partial charge in [0.25, 0.3) is 0 Å². The van der Waals surface area contributed by atoms with E-state index < -0.39 is 5.41 Å². The van der Waals surface area contributed by atoms with E-state index >= 15 is 0 Å². The van der Waals surface area contributed by atoms with Crippen LogP contribution in [0.25, 0.3) is 72.7 Å². The molecule has 2 heterocycles. The third-order valence-electron chi connectivity index (χ3n) is 10.9. The first-order valence-electron chi connectivity index (χ1n) is 17.1. The number of rotatable bonds is 3. The molecule has 0 bridgehead atoms. The van der Waals surface area contributed by atoms with Crippen molar-refractivity contribution in [2.75, 3.05) is 0 Å². The Morgan fingerprint density at radius 3 is 1.56 bits per heavy atom. The molecule has 0 amide bonds. The van der Waals surface area contributed by atoms with Gasteiger partial charge in [0.05, 0.1) is 16.6 Å². The van der Waals surface area contributed by atoms with Crippen LogP contribution in [0.15, 0.2) is 171 Å². The second-order valence-corrected chi connectivity index (χ2v) is 13.1. The molecule has 2 nitrogen and oxygen atoms in total. The van der Waals surface area contributed by atoms with E-state index in [1.165, 1.54) is 44.3 Å². The fraction of sp³-hybridized carbons (Fsp3) is 0.0208. The topological polar surface area (TPSA) is 17.8 Å². The Bertz CT molecular complexity index is 2770. The summed E-state index contributed by atoms with van der Waals surface area (Å²) in [7, 11) is 0. The van der Waals surface area contributed by atoms with Gasteiger partial charge in [-0.2, -0.15) is 0 Å². The van der Waals surface area contributed by atoms with Crippen molar-refractivity contribution in [2.45, 2.75) is 5.41 Å². The van der Waals surface area contributed by atoms with Gasteiger partial charge >= 0.3 is 0 Å². The largest absolute Gasteiger partial charge is 0.293 e. The smallest absolute Gasteiger partial charge is 0.145 e. The lowest BCUT2D eigenvalue weighted by Crippen LogP contribution is -2.26. The molecule has 0 atom stereocenters. The summed E-state index contributed by atoms with van der Waals surface area (Å²) >= 11 is 0. The van der Waals surface area contributed by atoms with E-state index in [0.717, 1.165) is 49.7 Å². The number of fused-ring (bicyclic) bond motifs is 15. The number of benzene rings is 6. The van der Waals surface area contributed by atoms with Gasteiger partial charge in [-0.3, -0.25) is 4.57 Å². The van der Waals surface area contributed by atoms with Crippen molar-refractivity contribution in [3.8, 4) is 28.1 Å². The second kappa shape index (κ2) is 10.7. The summed E-state index contributed by atoms with van der Waals surface area (Å²) < 4.78 is 2.33. The van der Waals surface area contributed by atoms with E-state index in [1.807, 2.05) is 18.3 Å². The van der Waals surface area contributed by atoms with Crippen LogP contribution in [0, 0.1) is 0 Å². The van der Waals surface area contributed by atoms with Gasteiger partial charge in [-0.1, -0.05) is 159 Å². The SMILES string of the molecule is C=Cc1c(C=C)n(-c2nccc3c2-c2ccccc2C32c3ccccc3-c3ccccc32)c2ccccc2c2ccccc2c2ccccc12. The summed E-state index contributed by atoms with van der Waals surface area (Å²) in [6.07, 6.45) is 5.94. The van der Waals surface area contributed by atoms with E-state index in [9.17, 15) is 0 Å². The van der Waals surface area contributed by atoms with Gasteiger partial charge in [-0.15, -0.1) is 0 Å². The Kier molecular flexibility index (Phi) is 6.13. The van der Waals surface area contributed by atoms with Gasteiger partial charge in [0.1, 0.15) is 5.82 Å². The van der Waals surface area contributed by atoms with Gasteiger partial charge in [0.15, 0.2) is 0 Å². The van der Waals surface area contributed by atoms with Crippen LogP contribution in [0.4, 0.5) is 0 Å². The van der Waals surface area contributed by atoms with Gasteiger partial charge in [-0.05, 0) is 78.7 Å². The molecule has 2 aromatic heterocycles. The molecule has 6 aromatic carbocycles. The molecular weight excluding hydrogens is 605 g/mol. The molecule has 0 radical (unpaired) electrons. The van der Waals surface area contributed by atoms with Crippen LogP contribution < -0.4 is 0 Å². The summed E-state index contributed by atoms with van der Waals surface area (Å²) in [5.74, 6) is 0.868. The molecule has 1 spiro atoms. The predicted octanol–water partition coefficient (Wildman–Crippen LogP) is 12.1. The average Bonchev–Trinajstić information content (AvgIpc) is 3.67. The number of nitrogens with zero attached hydrogens (tertiary/aromatic N) is 2. The van der Waals surface area contributed by atoms with Gasteiger partial charge < -0.3 is 0 Å². The quantitative estimate of drug-likeness (QED) is 0.189. The van der Waals surface area contributed by atoms with Gasteiger partial charge in [0, 0.05) is 22.7 Å². The molecule has 0 N–H and O–H groups in total. The number of pyridine rings is 1. The van der Waals surface area contributed by atoms with Crippen molar-refractivity contribution in [1.29, 1.82) is 0 Å². The standard InChI is InChI=1S/C48H32N2/c1-3-31-32-17-5-6-18-33(32)34-19-7-8-20-35(34)38-23-12-16-28-45(38)50(44(31)4-2)47-46-39-24-11-15-27-42(39)48(43(46)29-30-49-47)40-25-13-9-21-36(40)37-22-10-14-26-41(37)48/h3-30H,1-2H2. The fourth-order valence-corrected chi connectivity index (χ4v) is 9.02.